The summed E-state index contributed by atoms with van der Waals surface area (Å²) >= 11 is 0. The quantitative estimate of drug-likeness (QED) is 0.0510. The topological polar surface area (TPSA) is 171 Å². The van der Waals surface area contributed by atoms with Crippen molar-refractivity contribution in [2.45, 2.75) is 31.9 Å². The van der Waals surface area contributed by atoms with E-state index in [2.05, 4.69) is 36.3 Å². The number of benzene rings is 4. The maximum absolute atomic E-state index is 12.4. The van der Waals surface area contributed by atoms with Gasteiger partial charge in [0.05, 0.1) is 30.8 Å². The number of ether oxygens (including phenoxy) is 5. The maximum atomic E-state index is 12.4. The van der Waals surface area contributed by atoms with Crippen molar-refractivity contribution in [3.05, 3.63) is 178 Å². The number of nitrogens with zero attached hydrogens (tertiary/aromatic N) is 6. The van der Waals surface area contributed by atoms with Crippen molar-refractivity contribution in [2.75, 3.05) is 19.8 Å². The molecule has 1 atom stereocenters. The van der Waals surface area contributed by atoms with E-state index in [0.29, 0.717) is 66.7 Å². The lowest BCUT2D eigenvalue weighted by Gasteiger charge is -2.09. The molecule has 0 saturated carbocycles. The second kappa shape index (κ2) is 20.6. The van der Waals surface area contributed by atoms with Crippen LogP contribution in [-0.4, -0.2) is 68.1 Å². The fourth-order valence-corrected chi connectivity index (χ4v) is 6.46. The minimum atomic E-state index is -4.77. The summed E-state index contributed by atoms with van der Waals surface area (Å²) in [6.45, 7) is 5.76. The van der Waals surface area contributed by atoms with Crippen LogP contribution >= 0.6 is 0 Å². The first-order chi connectivity index (χ1) is 33.1. The highest BCUT2D eigenvalue weighted by atomic mass is 19.4. The van der Waals surface area contributed by atoms with Gasteiger partial charge in [0.2, 0.25) is 11.6 Å². The SMILES string of the molecule is C=CCOc1cccc(Cn2cc(-c3nc(-c4ccc(OC(F)(F)F)cc4)no3)ccc2=O)c1.O=c1ccc(-c2nc(-c3ccc(OC(F)(F)F)cc3)no2)cn1Cc1cccc(OCC2CO2)c1. The van der Waals surface area contributed by atoms with E-state index in [0.717, 1.165) is 35.4 Å². The van der Waals surface area contributed by atoms with Crippen LogP contribution in [0.5, 0.6) is 23.0 Å². The summed E-state index contributed by atoms with van der Waals surface area (Å²) in [6.07, 6.45) is -4.57. The molecule has 69 heavy (non-hydrogen) atoms. The third kappa shape index (κ3) is 13.3. The van der Waals surface area contributed by atoms with Crippen LogP contribution in [0.25, 0.3) is 45.7 Å². The smallest absolute Gasteiger partial charge is 0.491 e. The van der Waals surface area contributed by atoms with Crippen LogP contribution in [0.2, 0.25) is 0 Å². The first-order valence-corrected chi connectivity index (χ1v) is 20.6. The lowest BCUT2D eigenvalue weighted by molar-refractivity contribution is -0.275. The molecule has 8 aromatic rings. The highest BCUT2D eigenvalue weighted by Crippen LogP contribution is 2.29. The first kappa shape index (κ1) is 47.0. The lowest BCUT2D eigenvalue weighted by atomic mass is 10.2. The Morgan fingerprint density at radius 1 is 0.594 bits per heavy atom. The molecule has 9 rings (SSSR count). The number of alkyl halides is 6. The van der Waals surface area contributed by atoms with Crippen LogP contribution in [0.1, 0.15) is 11.1 Å². The Balaban J connectivity index is 0.000000186. The van der Waals surface area contributed by atoms with Crippen LogP contribution in [0, 0.1) is 0 Å². The summed E-state index contributed by atoms with van der Waals surface area (Å²) in [4.78, 5) is 33.4. The van der Waals surface area contributed by atoms with Crippen LogP contribution in [-0.2, 0) is 17.8 Å². The molecule has 4 aromatic heterocycles. The molecule has 0 radical (unpaired) electrons. The van der Waals surface area contributed by atoms with Gasteiger partial charge in [-0.15, -0.1) is 26.3 Å². The summed E-state index contributed by atoms with van der Waals surface area (Å²) in [6, 6.07) is 30.9. The van der Waals surface area contributed by atoms with E-state index in [1.807, 2.05) is 48.5 Å². The van der Waals surface area contributed by atoms with Crippen molar-refractivity contribution in [2.24, 2.45) is 0 Å². The van der Waals surface area contributed by atoms with E-state index in [1.54, 1.807) is 30.6 Å². The van der Waals surface area contributed by atoms with Crippen LogP contribution in [0.3, 0.4) is 0 Å². The van der Waals surface area contributed by atoms with Crippen molar-refractivity contribution < 1.29 is 59.1 Å². The zero-order valence-corrected chi connectivity index (χ0v) is 35.7. The van der Waals surface area contributed by atoms with Gasteiger partial charge in [0.25, 0.3) is 22.9 Å². The van der Waals surface area contributed by atoms with Crippen molar-refractivity contribution in [1.82, 2.24) is 29.4 Å². The fourth-order valence-electron chi connectivity index (χ4n) is 6.46. The van der Waals surface area contributed by atoms with Crippen LogP contribution in [0.4, 0.5) is 26.3 Å². The molecular weight excluding hydrogens is 919 g/mol. The van der Waals surface area contributed by atoms with Gasteiger partial charge in [-0.3, -0.25) is 9.59 Å². The number of pyridine rings is 2. The summed E-state index contributed by atoms with van der Waals surface area (Å²) in [5.41, 5.74) is 3.19. The van der Waals surface area contributed by atoms with Gasteiger partial charge in [0, 0.05) is 35.7 Å². The second-order valence-corrected chi connectivity index (χ2v) is 14.9. The number of epoxide rings is 1. The Morgan fingerprint density at radius 2 is 1.03 bits per heavy atom. The molecule has 5 heterocycles. The number of rotatable bonds is 16. The van der Waals surface area contributed by atoms with E-state index in [1.165, 1.54) is 45.5 Å². The number of hydrogen-bond acceptors (Lipinski definition) is 13. The van der Waals surface area contributed by atoms with Crippen molar-refractivity contribution in [3.8, 4) is 68.7 Å². The van der Waals surface area contributed by atoms with Crippen molar-refractivity contribution in [3.63, 3.8) is 0 Å². The Morgan fingerprint density at radius 3 is 1.45 bits per heavy atom. The molecule has 1 aliphatic heterocycles. The van der Waals surface area contributed by atoms with E-state index in [-0.39, 0.29) is 52.2 Å². The molecule has 1 unspecified atom stereocenters. The Kier molecular flexibility index (Phi) is 14.0. The molecule has 0 spiro atoms. The number of halogens is 6. The highest BCUT2D eigenvalue weighted by Gasteiger charge is 2.32. The molecule has 0 aliphatic carbocycles. The fraction of sp³-hybridized carbons (Fsp3) is 0.167. The maximum Gasteiger partial charge on any atom is 0.573 e. The summed E-state index contributed by atoms with van der Waals surface area (Å²) in [7, 11) is 0. The molecule has 1 saturated heterocycles. The molecular formula is C48H36F6N6O9. The summed E-state index contributed by atoms with van der Waals surface area (Å²) < 4.78 is 112. The summed E-state index contributed by atoms with van der Waals surface area (Å²) in [5.74, 6) is 1.32. The lowest BCUT2D eigenvalue weighted by Crippen LogP contribution is -2.19. The molecule has 15 nitrogen and oxygen atoms in total. The van der Waals surface area contributed by atoms with Gasteiger partial charge in [0.15, 0.2) is 0 Å². The molecule has 0 N–H and O–H groups in total. The molecule has 0 amide bonds. The monoisotopic (exact) mass is 954 g/mol. The van der Waals surface area contributed by atoms with Gasteiger partial charge in [-0.1, -0.05) is 47.2 Å². The zero-order valence-electron chi connectivity index (χ0n) is 35.7. The minimum Gasteiger partial charge on any atom is -0.491 e. The Hall–Kier alpha value is -8.46. The molecule has 4 aromatic carbocycles. The molecule has 354 valence electrons. The average Bonchev–Trinajstić information content (AvgIpc) is 3.78. The largest absolute Gasteiger partial charge is 0.573 e. The molecule has 1 fully saturated rings. The van der Waals surface area contributed by atoms with Gasteiger partial charge >= 0.3 is 12.7 Å². The van der Waals surface area contributed by atoms with Gasteiger partial charge < -0.3 is 41.9 Å². The van der Waals surface area contributed by atoms with E-state index < -0.39 is 12.7 Å². The Labute approximate surface area is 386 Å². The zero-order chi connectivity index (χ0) is 48.5. The van der Waals surface area contributed by atoms with Gasteiger partial charge in [-0.05, 0) is 96.1 Å². The normalized spacial score (nSPS) is 13.2. The predicted molar refractivity (Wildman–Crippen MR) is 234 cm³/mol. The van der Waals surface area contributed by atoms with E-state index in [4.69, 9.17) is 23.3 Å². The van der Waals surface area contributed by atoms with Gasteiger partial charge in [0.1, 0.15) is 42.3 Å². The highest BCUT2D eigenvalue weighted by molar-refractivity contribution is 5.61. The Bertz CT molecular complexity index is 3140. The van der Waals surface area contributed by atoms with Crippen molar-refractivity contribution in [1.29, 1.82) is 0 Å². The van der Waals surface area contributed by atoms with E-state index in [9.17, 15) is 35.9 Å². The standard InChI is InChI=1S/C24H18F3N3O5.C24H18F3N3O4/c25-24(26,27)34-18-7-4-16(5-8-18)22-28-23(35-29-22)17-6-9-21(31)30(12-17)11-15-2-1-3-19(10-15)32-13-20-14-33-20;1-2-12-32-20-5-3-4-16(13-20)14-30-15-18(8-11-21(30)31)23-28-22(29-34-23)17-6-9-19(10-7-17)33-24(25,26)27/h1-10,12,20H,11,13-14H2;2-11,13,15H,1,12,14H2. The molecule has 1 aliphatic rings. The summed E-state index contributed by atoms with van der Waals surface area (Å²) in [5, 5.41) is 7.77. The van der Waals surface area contributed by atoms with Gasteiger partial charge in [-0.2, -0.15) is 9.97 Å². The predicted octanol–water partition coefficient (Wildman–Crippen LogP) is 9.37. The van der Waals surface area contributed by atoms with Crippen LogP contribution < -0.4 is 30.1 Å². The van der Waals surface area contributed by atoms with Gasteiger partial charge in [-0.25, -0.2) is 0 Å². The third-order valence-corrected chi connectivity index (χ3v) is 9.71. The molecule has 21 heteroatoms. The third-order valence-electron chi connectivity index (χ3n) is 9.71. The minimum absolute atomic E-state index is 0.142. The van der Waals surface area contributed by atoms with E-state index >= 15 is 0 Å². The van der Waals surface area contributed by atoms with Crippen molar-refractivity contribution >= 4 is 0 Å². The number of hydrogen-bond donors (Lipinski definition) is 0. The molecule has 0 bridgehead atoms. The second-order valence-electron chi connectivity index (χ2n) is 14.9. The van der Waals surface area contributed by atoms with Crippen LogP contribution in [0.15, 0.2) is 165 Å². The average molecular weight is 955 g/mol. The first-order valence-electron chi connectivity index (χ1n) is 20.6. The number of aromatic nitrogens is 6.